The summed E-state index contributed by atoms with van der Waals surface area (Å²) in [5, 5.41) is 13.5. The first-order valence-corrected chi connectivity index (χ1v) is 8.53. The van der Waals surface area contributed by atoms with E-state index in [-0.39, 0.29) is 17.4 Å². The van der Waals surface area contributed by atoms with Gasteiger partial charge in [-0.3, -0.25) is 15.5 Å². The molecule has 0 aliphatic carbocycles. The maximum absolute atomic E-state index is 11.6. The van der Waals surface area contributed by atoms with Crippen molar-refractivity contribution < 1.29 is 19.2 Å². The van der Waals surface area contributed by atoms with Gasteiger partial charge in [0.15, 0.2) is 0 Å². The molecular formula is C17H20N6O5. The standard InChI is InChI=1S/C17H20N6O5/c1-21-7-9-22(10-8-21)20-15-14(23(25)26)16(19-11-18-15)28-13-5-3-12(4-6-13)17(24)27-2/h3-6,11H,7-10H2,1-2H3,(H,18,19,20). The summed E-state index contributed by atoms with van der Waals surface area (Å²) in [5.41, 5.74) is 2.96. The molecule has 3 rings (SSSR count). The fourth-order valence-corrected chi connectivity index (χ4v) is 2.64. The molecule has 2 aromatic rings. The van der Waals surface area contributed by atoms with Gasteiger partial charge >= 0.3 is 17.5 Å². The Morgan fingerprint density at radius 1 is 1.18 bits per heavy atom. The van der Waals surface area contributed by atoms with Gasteiger partial charge in [-0.2, -0.15) is 4.98 Å². The number of aromatic nitrogens is 2. The number of nitro groups is 1. The number of hydrazine groups is 1. The van der Waals surface area contributed by atoms with E-state index in [0.717, 1.165) is 13.1 Å². The lowest BCUT2D eigenvalue weighted by Crippen LogP contribution is -2.47. The number of benzene rings is 1. The number of piperazine rings is 1. The predicted octanol–water partition coefficient (Wildman–Crippen LogP) is 1.54. The quantitative estimate of drug-likeness (QED) is 0.443. The van der Waals surface area contributed by atoms with Crippen molar-refractivity contribution in [2.45, 2.75) is 0 Å². The fraction of sp³-hybridized carbons (Fsp3) is 0.353. The number of likely N-dealkylation sites (N-methyl/N-ethyl adjacent to an activating group) is 1. The van der Waals surface area contributed by atoms with Gasteiger partial charge in [0.2, 0.25) is 5.82 Å². The smallest absolute Gasteiger partial charge is 0.374 e. The zero-order chi connectivity index (χ0) is 20.1. The average molecular weight is 388 g/mol. The normalized spacial score (nSPS) is 15.1. The summed E-state index contributed by atoms with van der Waals surface area (Å²) in [5.74, 6) is -0.327. The highest BCUT2D eigenvalue weighted by Gasteiger charge is 2.27. The van der Waals surface area contributed by atoms with E-state index in [1.54, 1.807) is 0 Å². The third-order valence-corrected chi connectivity index (χ3v) is 4.23. The minimum atomic E-state index is -0.587. The first kappa shape index (κ1) is 19.5. The van der Waals surface area contributed by atoms with Crippen LogP contribution in [0.2, 0.25) is 0 Å². The Bertz CT molecular complexity index is 852. The Kier molecular flexibility index (Phi) is 5.96. The maximum Gasteiger partial charge on any atom is 0.374 e. The number of hydrogen-bond donors (Lipinski definition) is 1. The molecule has 1 saturated heterocycles. The van der Waals surface area contributed by atoms with Crippen LogP contribution in [0.5, 0.6) is 11.6 Å². The number of carbonyl (C=O) groups excluding carboxylic acids is 1. The molecule has 28 heavy (non-hydrogen) atoms. The minimum Gasteiger partial charge on any atom is -0.465 e. The monoisotopic (exact) mass is 388 g/mol. The molecule has 1 fully saturated rings. The molecule has 0 saturated carbocycles. The van der Waals surface area contributed by atoms with Crippen molar-refractivity contribution in [3.05, 3.63) is 46.3 Å². The third-order valence-electron chi connectivity index (χ3n) is 4.23. The zero-order valence-corrected chi connectivity index (χ0v) is 15.5. The lowest BCUT2D eigenvalue weighted by molar-refractivity contribution is -0.385. The van der Waals surface area contributed by atoms with E-state index in [4.69, 9.17) is 4.74 Å². The number of ether oxygens (including phenoxy) is 2. The second-order valence-electron chi connectivity index (χ2n) is 6.15. The molecule has 1 aliphatic heterocycles. The number of rotatable bonds is 6. The van der Waals surface area contributed by atoms with Crippen LogP contribution in [-0.2, 0) is 4.74 Å². The number of methoxy groups -OCH3 is 1. The average Bonchev–Trinajstić information content (AvgIpc) is 2.69. The van der Waals surface area contributed by atoms with Crippen LogP contribution in [0.3, 0.4) is 0 Å². The van der Waals surface area contributed by atoms with Gasteiger partial charge in [0.05, 0.1) is 17.6 Å². The van der Waals surface area contributed by atoms with Crippen LogP contribution in [0.25, 0.3) is 0 Å². The Morgan fingerprint density at radius 3 is 2.46 bits per heavy atom. The lowest BCUT2D eigenvalue weighted by Gasteiger charge is -2.32. The van der Waals surface area contributed by atoms with Gasteiger partial charge in [0, 0.05) is 26.2 Å². The second-order valence-corrected chi connectivity index (χ2v) is 6.15. The summed E-state index contributed by atoms with van der Waals surface area (Å²) in [6.07, 6.45) is 1.20. The van der Waals surface area contributed by atoms with Gasteiger partial charge in [-0.1, -0.05) is 0 Å². The number of carbonyl (C=O) groups is 1. The molecule has 0 atom stereocenters. The van der Waals surface area contributed by atoms with Gasteiger partial charge in [-0.15, -0.1) is 0 Å². The first-order valence-electron chi connectivity index (χ1n) is 8.53. The molecule has 1 aromatic heterocycles. The van der Waals surface area contributed by atoms with E-state index in [1.165, 1.54) is 37.7 Å². The van der Waals surface area contributed by atoms with Crippen LogP contribution in [0.15, 0.2) is 30.6 Å². The van der Waals surface area contributed by atoms with Gasteiger partial charge in [0.1, 0.15) is 12.1 Å². The lowest BCUT2D eigenvalue weighted by atomic mass is 10.2. The predicted molar refractivity (Wildman–Crippen MR) is 99.2 cm³/mol. The molecule has 0 spiro atoms. The van der Waals surface area contributed by atoms with Crippen molar-refractivity contribution in [3.63, 3.8) is 0 Å². The van der Waals surface area contributed by atoms with Crippen molar-refractivity contribution in [3.8, 4) is 11.6 Å². The molecule has 11 nitrogen and oxygen atoms in total. The molecule has 2 heterocycles. The SMILES string of the molecule is COC(=O)c1ccc(Oc2ncnc(NN3CCN(C)CC3)c2[N+](=O)[O-])cc1. The fourth-order valence-electron chi connectivity index (χ4n) is 2.64. The number of nitrogens with one attached hydrogen (secondary N) is 1. The highest BCUT2D eigenvalue weighted by Crippen LogP contribution is 2.34. The Labute approximate surface area is 161 Å². The number of nitrogens with zero attached hydrogens (tertiary/aromatic N) is 5. The number of esters is 1. The van der Waals surface area contributed by atoms with Crippen LogP contribution in [-0.4, -0.2) is 71.1 Å². The highest BCUT2D eigenvalue weighted by atomic mass is 16.6. The molecule has 1 aromatic carbocycles. The largest absolute Gasteiger partial charge is 0.465 e. The number of hydrogen-bond acceptors (Lipinski definition) is 10. The summed E-state index contributed by atoms with van der Waals surface area (Å²) in [6.45, 7) is 3.06. The summed E-state index contributed by atoms with van der Waals surface area (Å²) < 4.78 is 10.2. The maximum atomic E-state index is 11.6. The van der Waals surface area contributed by atoms with Crippen LogP contribution >= 0.6 is 0 Å². The molecule has 1 aliphatic rings. The zero-order valence-electron chi connectivity index (χ0n) is 15.5. The second kappa shape index (κ2) is 8.59. The number of anilines is 1. The van der Waals surface area contributed by atoms with Crippen molar-refractivity contribution in [1.29, 1.82) is 0 Å². The van der Waals surface area contributed by atoms with Crippen molar-refractivity contribution in [2.24, 2.45) is 0 Å². The first-order chi connectivity index (χ1) is 13.5. The molecule has 148 valence electrons. The van der Waals surface area contributed by atoms with Gasteiger partial charge in [-0.05, 0) is 31.3 Å². The summed E-state index contributed by atoms with van der Waals surface area (Å²) in [4.78, 5) is 32.6. The minimum absolute atomic E-state index is 0.0609. The van der Waals surface area contributed by atoms with Gasteiger partial charge in [-0.25, -0.2) is 14.8 Å². The van der Waals surface area contributed by atoms with Crippen LogP contribution in [0.4, 0.5) is 11.5 Å². The highest BCUT2D eigenvalue weighted by molar-refractivity contribution is 5.89. The summed E-state index contributed by atoms with van der Waals surface area (Å²) in [6, 6.07) is 6.01. The van der Waals surface area contributed by atoms with Crippen LogP contribution in [0, 0.1) is 10.1 Å². The summed E-state index contributed by atoms with van der Waals surface area (Å²) in [7, 11) is 3.30. The van der Waals surface area contributed by atoms with E-state index in [1.807, 2.05) is 12.1 Å². The Balaban J connectivity index is 1.81. The van der Waals surface area contributed by atoms with E-state index in [0.29, 0.717) is 24.4 Å². The van der Waals surface area contributed by atoms with Crippen molar-refractivity contribution in [1.82, 2.24) is 19.9 Å². The molecule has 11 heteroatoms. The van der Waals surface area contributed by atoms with E-state index in [2.05, 4.69) is 25.0 Å². The molecule has 1 N–H and O–H groups in total. The topological polar surface area (TPSA) is 123 Å². The van der Waals surface area contributed by atoms with E-state index >= 15 is 0 Å². The molecular weight excluding hydrogens is 368 g/mol. The summed E-state index contributed by atoms with van der Waals surface area (Å²) >= 11 is 0. The van der Waals surface area contributed by atoms with Crippen molar-refractivity contribution >= 4 is 17.5 Å². The molecule has 0 radical (unpaired) electrons. The third kappa shape index (κ3) is 4.50. The van der Waals surface area contributed by atoms with Gasteiger partial charge in [0.25, 0.3) is 0 Å². The van der Waals surface area contributed by atoms with Crippen LogP contribution in [0.1, 0.15) is 10.4 Å². The van der Waals surface area contributed by atoms with E-state index < -0.39 is 10.9 Å². The van der Waals surface area contributed by atoms with Gasteiger partial charge < -0.3 is 14.4 Å². The van der Waals surface area contributed by atoms with Crippen molar-refractivity contribution in [2.75, 3.05) is 45.8 Å². The van der Waals surface area contributed by atoms with E-state index in [9.17, 15) is 14.9 Å². The molecule has 0 unspecified atom stereocenters. The molecule has 0 bridgehead atoms. The Hall–Kier alpha value is -3.31. The van der Waals surface area contributed by atoms with Crippen LogP contribution < -0.4 is 10.2 Å². The molecule has 0 amide bonds. The Morgan fingerprint density at radius 2 is 1.86 bits per heavy atom.